The highest BCUT2D eigenvalue weighted by Crippen LogP contribution is 2.37. The van der Waals surface area contributed by atoms with Crippen molar-refractivity contribution in [2.24, 2.45) is 0 Å². The molecule has 0 bridgehead atoms. The van der Waals surface area contributed by atoms with Gasteiger partial charge in [-0.25, -0.2) is 0 Å². The molecule has 1 aromatic carbocycles. The first kappa shape index (κ1) is 15.3. The predicted octanol–water partition coefficient (Wildman–Crippen LogP) is 2.43. The lowest BCUT2D eigenvalue weighted by Crippen LogP contribution is -2.36. The SMILES string of the molecule is COc1cc(C)c(C(C)(C)CNC(C)=O)c(OC)c1. The van der Waals surface area contributed by atoms with Gasteiger partial charge >= 0.3 is 0 Å². The van der Waals surface area contributed by atoms with Crippen LogP contribution in [0.5, 0.6) is 11.5 Å². The number of carbonyl (C=O) groups excluding carboxylic acids is 1. The molecule has 0 aliphatic heterocycles. The third-order valence-corrected chi connectivity index (χ3v) is 3.18. The molecule has 106 valence electrons. The van der Waals surface area contributed by atoms with Gasteiger partial charge in [-0.3, -0.25) is 4.79 Å². The molecule has 0 unspecified atom stereocenters. The van der Waals surface area contributed by atoms with Gasteiger partial charge in [0.15, 0.2) is 0 Å². The van der Waals surface area contributed by atoms with Crippen molar-refractivity contribution in [2.45, 2.75) is 33.1 Å². The van der Waals surface area contributed by atoms with E-state index in [1.807, 2.05) is 19.1 Å². The maximum Gasteiger partial charge on any atom is 0.216 e. The summed E-state index contributed by atoms with van der Waals surface area (Å²) < 4.78 is 10.7. The molecule has 4 nitrogen and oxygen atoms in total. The highest BCUT2D eigenvalue weighted by atomic mass is 16.5. The van der Waals surface area contributed by atoms with Gasteiger partial charge in [0.1, 0.15) is 11.5 Å². The lowest BCUT2D eigenvalue weighted by molar-refractivity contribution is -0.119. The third kappa shape index (κ3) is 3.63. The van der Waals surface area contributed by atoms with Gasteiger partial charge in [-0.05, 0) is 18.6 Å². The van der Waals surface area contributed by atoms with Crippen LogP contribution >= 0.6 is 0 Å². The Morgan fingerprint density at radius 3 is 2.37 bits per heavy atom. The molecule has 0 atom stereocenters. The zero-order valence-electron chi connectivity index (χ0n) is 12.6. The molecule has 0 fully saturated rings. The van der Waals surface area contributed by atoms with Crippen molar-refractivity contribution in [1.82, 2.24) is 5.32 Å². The van der Waals surface area contributed by atoms with E-state index in [4.69, 9.17) is 9.47 Å². The standard InChI is InChI=1S/C15H23NO3/c1-10-7-12(18-5)8-13(19-6)14(10)15(3,4)9-16-11(2)17/h7-8H,9H2,1-6H3,(H,16,17). The number of ether oxygens (including phenoxy) is 2. The molecule has 0 spiro atoms. The lowest BCUT2D eigenvalue weighted by atomic mass is 9.81. The first-order valence-corrected chi connectivity index (χ1v) is 6.29. The summed E-state index contributed by atoms with van der Waals surface area (Å²) in [4.78, 5) is 11.1. The number of rotatable bonds is 5. The second-order valence-corrected chi connectivity index (χ2v) is 5.32. The maximum atomic E-state index is 11.1. The Labute approximate surface area is 115 Å². The van der Waals surface area contributed by atoms with Gasteiger partial charge in [-0.15, -0.1) is 0 Å². The minimum Gasteiger partial charge on any atom is -0.497 e. The molecule has 0 radical (unpaired) electrons. The van der Waals surface area contributed by atoms with Crippen LogP contribution in [0.15, 0.2) is 12.1 Å². The molecule has 0 aliphatic carbocycles. The van der Waals surface area contributed by atoms with E-state index in [0.29, 0.717) is 6.54 Å². The molecule has 0 aromatic heterocycles. The van der Waals surface area contributed by atoms with Crippen molar-refractivity contribution >= 4 is 5.91 Å². The summed E-state index contributed by atoms with van der Waals surface area (Å²) in [6.45, 7) is 8.27. The monoisotopic (exact) mass is 265 g/mol. The van der Waals surface area contributed by atoms with E-state index in [2.05, 4.69) is 19.2 Å². The summed E-state index contributed by atoms with van der Waals surface area (Å²) in [5.74, 6) is 1.53. The average Bonchev–Trinajstić information content (AvgIpc) is 2.35. The number of hydrogen-bond acceptors (Lipinski definition) is 3. The average molecular weight is 265 g/mol. The molecule has 4 heteroatoms. The number of carbonyl (C=O) groups is 1. The number of amides is 1. The smallest absolute Gasteiger partial charge is 0.216 e. The van der Waals surface area contributed by atoms with E-state index in [-0.39, 0.29) is 11.3 Å². The van der Waals surface area contributed by atoms with Crippen molar-refractivity contribution in [3.8, 4) is 11.5 Å². The number of hydrogen-bond donors (Lipinski definition) is 1. The van der Waals surface area contributed by atoms with E-state index >= 15 is 0 Å². The fourth-order valence-corrected chi connectivity index (χ4v) is 2.30. The minimum absolute atomic E-state index is 0.0294. The summed E-state index contributed by atoms with van der Waals surface area (Å²) in [6, 6.07) is 3.85. The number of methoxy groups -OCH3 is 2. The zero-order valence-corrected chi connectivity index (χ0v) is 12.6. The molecule has 1 rings (SSSR count). The van der Waals surface area contributed by atoms with Crippen LogP contribution in [0, 0.1) is 6.92 Å². The zero-order chi connectivity index (χ0) is 14.6. The van der Waals surface area contributed by atoms with E-state index in [1.54, 1.807) is 14.2 Å². The van der Waals surface area contributed by atoms with E-state index in [9.17, 15) is 4.79 Å². The summed E-state index contributed by atoms with van der Waals surface area (Å²) >= 11 is 0. The van der Waals surface area contributed by atoms with Crippen LogP contribution in [0.4, 0.5) is 0 Å². The Balaban J connectivity index is 3.20. The summed E-state index contributed by atoms with van der Waals surface area (Å²) in [6.07, 6.45) is 0. The second kappa shape index (κ2) is 5.95. The molecule has 1 aromatic rings. The summed E-state index contributed by atoms with van der Waals surface area (Å²) in [5, 5.41) is 2.87. The van der Waals surface area contributed by atoms with Crippen LogP contribution in [-0.4, -0.2) is 26.7 Å². The highest BCUT2D eigenvalue weighted by molar-refractivity contribution is 5.73. The van der Waals surface area contributed by atoms with Gasteiger partial charge in [-0.1, -0.05) is 13.8 Å². The van der Waals surface area contributed by atoms with Crippen molar-refractivity contribution in [3.63, 3.8) is 0 Å². The molecular weight excluding hydrogens is 242 g/mol. The Bertz CT molecular complexity index is 467. The Kier molecular flexibility index (Phi) is 4.81. The topological polar surface area (TPSA) is 47.6 Å². The first-order valence-electron chi connectivity index (χ1n) is 6.29. The summed E-state index contributed by atoms with van der Waals surface area (Å²) in [7, 11) is 3.28. The normalized spacial score (nSPS) is 11.1. The molecule has 1 amide bonds. The van der Waals surface area contributed by atoms with Gasteiger partial charge in [0.25, 0.3) is 0 Å². The van der Waals surface area contributed by atoms with Crippen LogP contribution in [0.1, 0.15) is 31.9 Å². The second-order valence-electron chi connectivity index (χ2n) is 5.32. The van der Waals surface area contributed by atoms with Gasteiger partial charge in [0, 0.05) is 30.5 Å². The Hall–Kier alpha value is -1.71. The molecule has 1 N–H and O–H groups in total. The van der Waals surface area contributed by atoms with Crippen LogP contribution in [0.2, 0.25) is 0 Å². The van der Waals surface area contributed by atoms with Crippen LogP contribution < -0.4 is 14.8 Å². The van der Waals surface area contributed by atoms with E-state index in [0.717, 1.165) is 22.6 Å². The van der Waals surface area contributed by atoms with Gasteiger partial charge < -0.3 is 14.8 Å². The molecular formula is C15H23NO3. The highest BCUT2D eigenvalue weighted by Gasteiger charge is 2.27. The molecule has 19 heavy (non-hydrogen) atoms. The lowest BCUT2D eigenvalue weighted by Gasteiger charge is -2.29. The van der Waals surface area contributed by atoms with Crippen molar-refractivity contribution in [1.29, 1.82) is 0 Å². The Morgan fingerprint density at radius 2 is 1.89 bits per heavy atom. The minimum atomic E-state index is -0.215. The van der Waals surface area contributed by atoms with Gasteiger partial charge in [0.2, 0.25) is 5.91 Å². The molecule has 0 heterocycles. The predicted molar refractivity (Wildman–Crippen MR) is 76.0 cm³/mol. The van der Waals surface area contributed by atoms with Crippen LogP contribution in [0.3, 0.4) is 0 Å². The van der Waals surface area contributed by atoms with Gasteiger partial charge in [0.05, 0.1) is 14.2 Å². The summed E-state index contributed by atoms with van der Waals surface area (Å²) in [5.41, 5.74) is 1.96. The molecule has 0 saturated heterocycles. The third-order valence-electron chi connectivity index (χ3n) is 3.18. The maximum absolute atomic E-state index is 11.1. The quantitative estimate of drug-likeness (QED) is 0.889. The van der Waals surface area contributed by atoms with Crippen LogP contribution in [-0.2, 0) is 10.2 Å². The fourth-order valence-electron chi connectivity index (χ4n) is 2.30. The molecule has 0 aliphatic rings. The number of nitrogens with one attached hydrogen (secondary N) is 1. The van der Waals surface area contributed by atoms with Gasteiger partial charge in [-0.2, -0.15) is 0 Å². The number of benzene rings is 1. The van der Waals surface area contributed by atoms with E-state index < -0.39 is 0 Å². The molecule has 0 saturated carbocycles. The number of aryl methyl sites for hydroxylation is 1. The largest absolute Gasteiger partial charge is 0.497 e. The van der Waals surface area contributed by atoms with Crippen molar-refractivity contribution < 1.29 is 14.3 Å². The fraction of sp³-hybridized carbons (Fsp3) is 0.533. The van der Waals surface area contributed by atoms with E-state index in [1.165, 1.54) is 6.92 Å². The van der Waals surface area contributed by atoms with Crippen LogP contribution in [0.25, 0.3) is 0 Å². The first-order chi connectivity index (χ1) is 8.81. The Morgan fingerprint density at radius 1 is 1.26 bits per heavy atom. The van der Waals surface area contributed by atoms with Crippen molar-refractivity contribution in [3.05, 3.63) is 23.3 Å². The van der Waals surface area contributed by atoms with Crippen molar-refractivity contribution in [2.75, 3.05) is 20.8 Å².